The van der Waals surface area contributed by atoms with E-state index in [0.717, 1.165) is 15.0 Å². The molecule has 2 heterocycles. The van der Waals surface area contributed by atoms with Gasteiger partial charge in [0.15, 0.2) is 12.2 Å². The van der Waals surface area contributed by atoms with Crippen LogP contribution in [0.2, 0.25) is 0 Å². The summed E-state index contributed by atoms with van der Waals surface area (Å²) in [5, 5.41) is 2.97. The SMILES string of the molecule is CCOC(=O)c1c(NC(=O)COC(=O)Cn2c(=O)oc3ccccc32)sc(C)c1CC. The summed E-state index contributed by atoms with van der Waals surface area (Å²) in [5.41, 5.74) is 1.93. The third-order valence-corrected chi connectivity index (χ3v) is 5.58. The molecule has 0 saturated heterocycles. The number of esters is 2. The number of fused-ring (bicyclic) bond motifs is 1. The van der Waals surface area contributed by atoms with Crippen LogP contribution in [0, 0.1) is 6.92 Å². The first-order valence-corrected chi connectivity index (χ1v) is 10.5. The predicted octanol–water partition coefficient (Wildman–Crippen LogP) is 2.89. The summed E-state index contributed by atoms with van der Waals surface area (Å²) >= 11 is 1.26. The molecule has 1 N–H and O–H groups in total. The maximum atomic E-state index is 12.3. The van der Waals surface area contributed by atoms with Crippen molar-refractivity contribution in [1.29, 1.82) is 0 Å². The van der Waals surface area contributed by atoms with Gasteiger partial charge in [-0.2, -0.15) is 0 Å². The Morgan fingerprint density at radius 3 is 2.61 bits per heavy atom. The summed E-state index contributed by atoms with van der Waals surface area (Å²) < 4.78 is 16.3. The Balaban J connectivity index is 1.65. The third kappa shape index (κ3) is 4.85. The van der Waals surface area contributed by atoms with Gasteiger partial charge in [0.25, 0.3) is 5.91 Å². The lowest BCUT2D eigenvalue weighted by Gasteiger charge is -2.08. The highest BCUT2D eigenvalue weighted by Gasteiger charge is 2.24. The number of anilines is 1. The predicted molar refractivity (Wildman–Crippen MR) is 114 cm³/mol. The number of aryl methyl sites for hydroxylation is 1. The Morgan fingerprint density at radius 1 is 1.16 bits per heavy atom. The van der Waals surface area contributed by atoms with Crippen LogP contribution in [0.25, 0.3) is 11.1 Å². The van der Waals surface area contributed by atoms with Crippen molar-refractivity contribution < 1.29 is 28.3 Å². The molecule has 164 valence electrons. The van der Waals surface area contributed by atoms with Crippen molar-refractivity contribution in [2.24, 2.45) is 0 Å². The van der Waals surface area contributed by atoms with Crippen molar-refractivity contribution in [3.63, 3.8) is 0 Å². The Labute approximate surface area is 181 Å². The van der Waals surface area contributed by atoms with E-state index in [9.17, 15) is 19.2 Å². The van der Waals surface area contributed by atoms with E-state index in [1.54, 1.807) is 31.2 Å². The molecule has 1 aromatic carbocycles. The number of benzene rings is 1. The number of carbonyl (C=O) groups is 3. The van der Waals surface area contributed by atoms with Gasteiger partial charge in [0.1, 0.15) is 11.5 Å². The number of carbonyl (C=O) groups excluding carboxylic acids is 3. The second kappa shape index (κ2) is 9.61. The smallest absolute Gasteiger partial charge is 0.420 e. The zero-order chi connectivity index (χ0) is 22.5. The number of ether oxygens (including phenoxy) is 2. The van der Waals surface area contributed by atoms with E-state index in [1.165, 1.54) is 11.3 Å². The molecule has 0 atom stereocenters. The average molecular weight is 446 g/mol. The highest BCUT2D eigenvalue weighted by molar-refractivity contribution is 7.16. The molecule has 3 aromatic rings. The number of nitrogens with one attached hydrogen (secondary N) is 1. The zero-order valence-corrected chi connectivity index (χ0v) is 18.2. The minimum Gasteiger partial charge on any atom is -0.462 e. The Hall–Kier alpha value is -3.40. The molecule has 0 unspecified atom stereocenters. The molecule has 10 heteroatoms. The van der Waals surface area contributed by atoms with Gasteiger partial charge in [0, 0.05) is 4.88 Å². The molecule has 0 bridgehead atoms. The first-order chi connectivity index (χ1) is 14.8. The Kier molecular flexibility index (Phi) is 6.91. The summed E-state index contributed by atoms with van der Waals surface area (Å²) in [6.45, 7) is 4.72. The molecule has 0 aliphatic carbocycles. The summed E-state index contributed by atoms with van der Waals surface area (Å²) in [5.74, 6) is -2.58. The van der Waals surface area contributed by atoms with Gasteiger partial charge in [-0.05, 0) is 38.0 Å². The monoisotopic (exact) mass is 446 g/mol. The maximum absolute atomic E-state index is 12.3. The Morgan fingerprint density at radius 2 is 1.90 bits per heavy atom. The number of thiophene rings is 1. The van der Waals surface area contributed by atoms with Crippen LogP contribution in [0.3, 0.4) is 0 Å². The number of nitrogens with zero attached hydrogens (tertiary/aromatic N) is 1. The summed E-state index contributed by atoms with van der Waals surface area (Å²) in [7, 11) is 0. The van der Waals surface area contributed by atoms with E-state index in [-0.39, 0.29) is 6.61 Å². The van der Waals surface area contributed by atoms with Crippen LogP contribution in [0.4, 0.5) is 5.00 Å². The van der Waals surface area contributed by atoms with E-state index in [1.807, 2.05) is 13.8 Å². The lowest BCUT2D eigenvalue weighted by molar-refractivity contribution is -0.147. The maximum Gasteiger partial charge on any atom is 0.420 e. The summed E-state index contributed by atoms with van der Waals surface area (Å²) in [4.78, 5) is 49.6. The number of hydrogen-bond acceptors (Lipinski definition) is 8. The van der Waals surface area contributed by atoms with Gasteiger partial charge in [0.05, 0.1) is 17.7 Å². The molecular weight excluding hydrogens is 424 g/mol. The number of hydrogen-bond donors (Lipinski definition) is 1. The third-order valence-electron chi connectivity index (χ3n) is 4.52. The van der Waals surface area contributed by atoms with Gasteiger partial charge in [-0.15, -0.1) is 11.3 Å². The van der Waals surface area contributed by atoms with E-state index >= 15 is 0 Å². The van der Waals surface area contributed by atoms with Gasteiger partial charge in [0.2, 0.25) is 0 Å². The van der Waals surface area contributed by atoms with Crippen LogP contribution >= 0.6 is 11.3 Å². The molecule has 0 spiro atoms. The van der Waals surface area contributed by atoms with E-state index in [2.05, 4.69) is 5.32 Å². The van der Waals surface area contributed by atoms with Gasteiger partial charge in [-0.1, -0.05) is 19.1 Å². The topological polar surface area (TPSA) is 117 Å². The van der Waals surface area contributed by atoms with Gasteiger partial charge >= 0.3 is 17.7 Å². The molecule has 9 nitrogen and oxygen atoms in total. The van der Waals surface area contributed by atoms with Crippen LogP contribution in [-0.4, -0.2) is 35.6 Å². The molecule has 0 aliphatic rings. The van der Waals surface area contributed by atoms with Crippen molar-refractivity contribution in [3.05, 3.63) is 50.8 Å². The molecular formula is C21H22N2O7S. The van der Waals surface area contributed by atoms with Crippen LogP contribution in [0.15, 0.2) is 33.5 Å². The van der Waals surface area contributed by atoms with Crippen LogP contribution in [0.1, 0.15) is 34.6 Å². The van der Waals surface area contributed by atoms with Gasteiger partial charge < -0.3 is 19.2 Å². The number of para-hydroxylation sites is 2. The molecule has 3 rings (SSSR count). The molecule has 0 saturated carbocycles. The number of rotatable bonds is 8. The summed E-state index contributed by atoms with van der Waals surface area (Å²) in [6.07, 6.45) is 0.606. The fraction of sp³-hybridized carbons (Fsp3) is 0.333. The minimum absolute atomic E-state index is 0.212. The van der Waals surface area contributed by atoms with E-state index < -0.39 is 36.8 Å². The van der Waals surface area contributed by atoms with Crippen molar-refractivity contribution in [2.75, 3.05) is 18.5 Å². The first kappa shape index (κ1) is 22.3. The first-order valence-electron chi connectivity index (χ1n) is 9.68. The van der Waals surface area contributed by atoms with Crippen LogP contribution in [-0.2, 0) is 32.0 Å². The zero-order valence-electron chi connectivity index (χ0n) is 17.4. The molecule has 2 aromatic heterocycles. The van der Waals surface area contributed by atoms with E-state index in [0.29, 0.717) is 28.1 Å². The standard InChI is InChI=1S/C21H22N2O7S/c1-4-13-12(3)31-19(18(13)20(26)28-5-2)22-16(24)11-29-17(25)10-23-14-8-6-7-9-15(14)30-21(23)27/h6-9H,4-5,10-11H2,1-3H3,(H,22,24). The van der Waals surface area contributed by atoms with Gasteiger partial charge in [-0.3, -0.25) is 14.2 Å². The number of amides is 1. The number of aromatic nitrogens is 1. The highest BCUT2D eigenvalue weighted by Crippen LogP contribution is 2.34. The highest BCUT2D eigenvalue weighted by atomic mass is 32.1. The van der Waals surface area contributed by atoms with E-state index in [4.69, 9.17) is 13.9 Å². The second-order valence-corrected chi connectivity index (χ2v) is 7.77. The lowest BCUT2D eigenvalue weighted by Crippen LogP contribution is -2.26. The van der Waals surface area contributed by atoms with Gasteiger partial charge in [-0.25, -0.2) is 9.59 Å². The fourth-order valence-corrected chi connectivity index (χ4v) is 4.31. The largest absolute Gasteiger partial charge is 0.462 e. The van der Waals surface area contributed by atoms with Crippen molar-refractivity contribution >= 4 is 45.3 Å². The van der Waals surface area contributed by atoms with Crippen molar-refractivity contribution in [1.82, 2.24) is 4.57 Å². The minimum atomic E-state index is -0.772. The van der Waals surface area contributed by atoms with Crippen LogP contribution < -0.4 is 11.1 Å². The molecule has 0 fully saturated rings. The number of oxazole rings is 1. The van der Waals surface area contributed by atoms with Crippen molar-refractivity contribution in [3.8, 4) is 0 Å². The fourth-order valence-electron chi connectivity index (χ4n) is 3.16. The summed E-state index contributed by atoms with van der Waals surface area (Å²) in [6, 6.07) is 6.67. The normalized spacial score (nSPS) is 10.8. The lowest BCUT2D eigenvalue weighted by atomic mass is 10.1. The average Bonchev–Trinajstić information content (AvgIpc) is 3.22. The molecule has 0 aliphatic heterocycles. The second-order valence-electron chi connectivity index (χ2n) is 6.55. The molecule has 0 radical (unpaired) electrons. The van der Waals surface area contributed by atoms with Crippen LogP contribution in [0.5, 0.6) is 0 Å². The quantitative estimate of drug-likeness (QED) is 0.529. The molecule has 31 heavy (non-hydrogen) atoms. The molecule has 1 amide bonds. The van der Waals surface area contributed by atoms with Crippen molar-refractivity contribution in [2.45, 2.75) is 33.7 Å². The Bertz CT molecular complexity index is 1190.